The number of nitrogens with one attached hydrogen (secondary N) is 2. The summed E-state index contributed by atoms with van der Waals surface area (Å²) in [6.07, 6.45) is 10.2. The van der Waals surface area contributed by atoms with Gasteiger partial charge in [-0.05, 0) is 43.5 Å². The number of amidine groups is 1. The number of likely N-dealkylation sites (tertiary alicyclic amines) is 1. The molecule has 0 saturated carbocycles. The van der Waals surface area contributed by atoms with Gasteiger partial charge in [0.1, 0.15) is 18.3 Å². The second-order valence-corrected chi connectivity index (χ2v) is 6.08. The lowest BCUT2D eigenvalue weighted by atomic mass is 10.1. The van der Waals surface area contributed by atoms with Gasteiger partial charge in [-0.1, -0.05) is 18.2 Å². The van der Waals surface area contributed by atoms with Gasteiger partial charge < -0.3 is 9.88 Å². The fourth-order valence-electron chi connectivity index (χ4n) is 2.72. The van der Waals surface area contributed by atoms with Gasteiger partial charge >= 0.3 is 0 Å². The molecule has 0 radical (unpaired) electrons. The summed E-state index contributed by atoms with van der Waals surface area (Å²) < 4.78 is 10.6. The summed E-state index contributed by atoms with van der Waals surface area (Å²) >= 11 is 0. The van der Waals surface area contributed by atoms with E-state index in [1.54, 1.807) is 18.3 Å². The lowest BCUT2D eigenvalue weighted by Gasteiger charge is -2.27. The second-order valence-electron chi connectivity index (χ2n) is 6.08. The standard InChI is InChI=1S/C18H19N5.C3H5F/c19-12-14-5-4-6-15(11-14)16-13-21-18(22-16)8-7-17(20)23-9-2-1-3-10-23;1-2-3-4/h4-8,11,13,20H,1-3,9-10H2,(H,21,22);2H,1,3H2/b8-7-,20-17?;. The van der Waals surface area contributed by atoms with E-state index in [1.807, 2.05) is 24.3 Å². The van der Waals surface area contributed by atoms with Crippen LogP contribution < -0.4 is 0 Å². The van der Waals surface area contributed by atoms with Gasteiger partial charge in [-0.2, -0.15) is 5.26 Å². The molecule has 1 saturated heterocycles. The molecule has 1 fully saturated rings. The van der Waals surface area contributed by atoms with E-state index >= 15 is 0 Å². The first kappa shape index (κ1) is 20.1. The maximum Gasteiger partial charge on any atom is 0.130 e. The third-order valence-corrected chi connectivity index (χ3v) is 4.10. The highest BCUT2D eigenvalue weighted by atomic mass is 19.1. The first-order valence-corrected chi connectivity index (χ1v) is 8.92. The lowest BCUT2D eigenvalue weighted by Crippen LogP contribution is -2.33. The van der Waals surface area contributed by atoms with Crippen LogP contribution in [-0.4, -0.2) is 40.5 Å². The van der Waals surface area contributed by atoms with E-state index in [4.69, 9.17) is 10.7 Å². The number of benzene rings is 1. The summed E-state index contributed by atoms with van der Waals surface area (Å²) in [5, 5.41) is 17.1. The maximum absolute atomic E-state index is 10.6. The Kier molecular flexibility index (Phi) is 7.98. The molecule has 2 N–H and O–H groups in total. The molecule has 3 rings (SSSR count). The minimum atomic E-state index is -0.417. The molecule has 27 heavy (non-hydrogen) atoms. The van der Waals surface area contributed by atoms with E-state index < -0.39 is 6.67 Å². The number of allylic oxidation sites excluding steroid dienone is 1. The number of halogens is 1. The Labute approximate surface area is 159 Å². The van der Waals surface area contributed by atoms with Gasteiger partial charge in [-0.15, -0.1) is 6.58 Å². The van der Waals surface area contributed by atoms with Crippen LogP contribution in [-0.2, 0) is 0 Å². The predicted octanol–water partition coefficient (Wildman–Crippen LogP) is 4.57. The van der Waals surface area contributed by atoms with Gasteiger partial charge in [0.15, 0.2) is 0 Å². The molecule has 2 aromatic rings. The highest BCUT2D eigenvalue weighted by Crippen LogP contribution is 2.18. The van der Waals surface area contributed by atoms with Crippen LogP contribution in [0.5, 0.6) is 0 Å². The number of hydrogen-bond donors (Lipinski definition) is 2. The van der Waals surface area contributed by atoms with Crippen molar-refractivity contribution in [2.45, 2.75) is 19.3 Å². The zero-order chi connectivity index (χ0) is 19.5. The van der Waals surface area contributed by atoms with Crippen LogP contribution >= 0.6 is 0 Å². The van der Waals surface area contributed by atoms with Crippen molar-refractivity contribution in [3.8, 4) is 17.3 Å². The molecule has 2 heterocycles. The molecule has 0 amide bonds. The molecular formula is C21H24FN5. The highest BCUT2D eigenvalue weighted by Gasteiger charge is 2.11. The van der Waals surface area contributed by atoms with E-state index in [-0.39, 0.29) is 0 Å². The topological polar surface area (TPSA) is 79.6 Å². The van der Waals surface area contributed by atoms with Crippen LogP contribution in [0.15, 0.2) is 49.2 Å². The van der Waals surface area contributed by atoms with Gasteiger partial charge in [-0.25, -0.2) is 9.37 Å². The van der Waals surface area contributed by atoms with Crippen LogP contribution in [0, 0.1) is 16.7 Å². The monoisotopic (exact) mass is 365 g/mol. The van der Waals surface area contributed by atoms with E-state index in [9.17, 15) is 4.39 Å². The summed E-state index contributed by atoms with van der Waals surface area (Å²) in [5.74, 6) is 1.25. The van der Waals surface area contributed by atoms with Crippen molar-refractivity contribution in [3.63, 3.8) is 0 Å². The van der Waals surface area contributed by atoms with Crippen molar-refractivity contribution in [2.75, 3.05) is 19.8 Å². The SMILES string of the molecule is C=CCF.N#Cc1cccc(-c2cnc(/C=C\C(=N)N3CCCCC3)[nH]2)c1. The number of alkyl halides is 1. The molecule has 1 aliphatic rings. The van der Waals surface area contributed by atoms with Gasteiger partial charge in [0.05, 0.1) is 23.5 Å². The Morgan fingerprint density at radius 3 is 2.78 bits per heavy atom. The smallest absolute Gasteiger partial charge is 0.130 e. The van der Waals surface area contributed by atoms with E-state index in [2.05, 4.69) is 27.5 Å². The Morgan fingerprint density at radius 2 is 2.11 bits per heavy atom. The fourth-order valence-corrected chi connectivity index (χ4v) is 2.72. The summed E-state index contributed by atoms with van der Waals surface area (Å²) in [6.45, 7) is 4.62. The molecule has 6 heteroatoms. The summed E-state index contributed by atoms with van der Waals surface area (Å²) in [5.41, 5.74) is 2.43. The third-order valence-electron chi connectivity index (χ3n) is 4.10. The summed E-state index contributed by atoms with van der Waals surface area (Å²) in [7, 11) is 0. The Bertz CT molecular complexity index is 825. The summed E-state index contributed by atoms with van der Waals surface area (Å²) in [4.78, 5) is 9.64. The number of hydrogen-bond acceptors (Lipinski definition) is 3. The van der Waals surface area contributed by atoms with Crippen LogP contribution in [0.3, 0.4) is 0 Å². The van der Waals surface area contributed by atoms with Crippen LogP contribution in [0.25, 0.3) is 17.3 Å². The molecule has 5 nitrogen and oxygen atoms in total. The fraction of sp³-hybridized carbons (Fsp3) is 0.286. The van der Waals surface area contributed by atoms with E-state index in [0.29, 0.717) is 17.2 Å². The van der Waals surface area contributed by atoms with Crippen molar-refractivity contribution in [1.29, 1.82) is 10.7 Å². The second kappa shape index (κ2) is 10.7. The molecule has 140 valence electrons. The molecule has 0 aliphatic carbocycles. The maximum atomic E-state index is 10.6. The van der Waals surface area contributed by atoms with Gasteiger partial charge in [0.2, 0.25) is 0 Å². The lowest BCUT2D eigenvalue weighted by molar-refractivity contribution is 0.342. The van der Waals surface area contributed by atoms with Crippen LogP contribution in [0.4, 0.5) is 4.39 Å². The van der Waals surface area contributed by atoms with Crippen molar-refractivity contribution in [3.05, 3.63) is 60.6 Å². The zero-order valence-corrected chi connectivity index (χ0v) is 15.3. The van der Waals surface area contributed by atoms with Gasteiger partial charge in [0, 0.05) is 18.7 Å². The molecule has 0 bridgehead atoms. The normalized spacial score (nSPS) is 13.6. The van der Waals surface area contributed by atoms with Crippen molar-refractivity contribution in [1.82, 2.24) is 14.9 Å². The highest BCUT2D eigenvalue weighted by molar-refractivity contribution is 5.93. The molecule has 0 unspecified atom stereocenters. The Balaban J connectivity index is 0.000000596. The quantitative estimate of drug-likeness (QED) is 0.473. The number of nitriles is 1. The number of H-pyrrole nitrogens is 1. The van der Waals surface area contributed by atoms with Crippen LogP contribution in [0.2, 0.25) is 0 Å². The number of nitrogens with zero attached hydrogens (tertiary/aromatic N) is 3. The Morgan fingerprint density at radius 1 is 1.37 bits per heavy atom. The van der Waals surface area contributed by atoms with Crippen molar-refractivity contribution >= 4 is 11.9 Å². The number of aromatic amines is 1. The molecule has 0 atom stereocenters. The van der Waals surface area contributed by atoms with Crippen molar-refractivity contribution in [2.24, 2.45) is 0 Å². The van der Waals surface area contributed by atoms with Gasteiger partial charge in [-0.3, -0.25) is 5.41 Å². The molecule has 1 aromatic heterocycles. The Hall–Kier alpha value is -3.20. The molecule has 1 aromatic carbocycles. The minimum absolute atomic E-state index is 0.417. The van der Waals surface area contributed by atoms with E-state index in [0.717, 1.165) is 37.2 Å². The van der Waals surface area contributed by atoms with Crippen LogP contribution in [0.1, 0.15) is 30.7 Å². The third kappa shape index (κ3) is 6.23. The van der Waals surface area contributed by atoms with Crippen molar-refractivity contribution < 1.29 is 4.39 Å². The predicted molar refractivity (Wildman–Crippen MR) is 107 cm³/mol. The number of aromatic nitrogens is 2. The average Bonchev–Trinajstić information content (AvgIpc) is 3.22. The number of imidazole rings is 1. The largest absolute Gasteiger partial charge is 0.357 e. The number of piperidine rings is 1. The summed E-state index contributed by atoms with van der Waals surface area (Å²) in [6, 6.07) is 9.55. The average molecular weight is 365 g/mol. The minimum Gasteiger partial charge on any atom is -0.357 e. The van der Waals surface area contributed by atoms with E-state index in [1.165, 1.54) is 12.5 Å². The number of rotatable bonds is 4. The first-order chi connectivity index (χ1) is 13.2. The molecule has 0 spiro atoms. The van der Waals surface area contributed by atoms with Gasteiger partial charge in [0.25, 0.3) is 0 Å². The molecule has 1 aliphatic heterocycles. The first-order valence-electron chi connectivity index (χ1n) is 8.92. The zero-order valence-electron chi connectivity index (χ0n) is 15.3. The molecular weight excluding hydrogens is 341 g/mol.